The maximum Gasteiger partial charge on any atom is 0.184 e. The molecule has 2 aliphatic carbocycles. The van der Waals surface area contributed by atoms with Gasteiger partial charge in [-0.1, -0.05) is 28.8 Å². The lowest BCUT2D eigenvalue weighted by atomic mass is 9.78. The number of hydrogen-bond donors (Lipinski definition) is 1. The van der Waals surface area contributed by atoms with Gasteiger partial charge < -0.3 is 5.11 Å². The number of aromatic hydroxyl groups is 1. The van der Waals surface area contributed by atoms with E-state index in [9.17, 15) is 9.90 Å². The molecule has 0 heterocycles. The summed E-state index contributed by atoms with van der Waals surface area (Å²) in [5.74, 6) is 0.380. The van der Waals surface area contributed by atoms with Crippen LogP contribution in [0.2, 0.25) is 0 Å². The van der Waals surface area contributed by atoms with Crippen molar-refractivity contribution in [2.24, 2.45) is 0 Å². The van der Waals surface area contributed by atoms with E-state index < -0.39 is 4.32 Å². The Morgan fingerprint density at radius 2 is 2.17 bits per heavy atom. The van der Waals surface area contributed by atoms with Crippen LogP contribution < -0.4 is 0 Å². The molecule has 0 spiro atoms. The van der Waals surface area contributed by atoms with Crippen LogP contribution in [0.4, 0.5) is 0 Å². The molecule has 0 amide bonds. The highest BCUT2D eigenvalue weighted by atomic mass is 79.9. The maximum atomic E-state index is 12.7. The highest BCUT2D eigenvalue weighted by Crippen LogP contribution is 2.57. The van der Waals surface area contributed by atoms with E-state index >= 15 is 0 Å². The van der Waals surface area contributed by atoms with Gasteiger partial charge in [-0.2, -0.15) is 0 Å². The largest absolute Gasteiger partial charge is 0.506 e. The molecule has 1 aromatic rings. The van der Waals surface area contributed by atoms with E-state index in [-0.39, 0.29) is 17.5 Å². The summed E-state index contributed by atoms with van der Waals surface area (Å²) in [6.07, 6.45) is 4.11. The lowest BCUT2D eigenvalue weighted by Crippen LogP contribution is -2.35. The molecule has 2 nitrogen and oxygen atoms in total. The van der Waals surface area contributed by atoms with Crippen molar-refractivity contribution in [3.63, 3.8) is 0 Å². The van der Waals surface area contributed by atoms with E-state index in [4.69, 9.17) is 0 Å². The van der Waals surface area contributed by atoms with Crippen LogP contribution in [0.1, 0.15) is 53.1 Å². The third kappa shape index (κ3) is 1.48. The van der Waals surface area contributed by atoms with E-state index in [0.717, 1.165) is 36.8 Å². The molecular formula is C14H14Br2O2. The number of halogens is 2. The molecule has 0 aliphatic heterocycles. The summed E-state index contributed by atoms with van der Waals surface area (Å²) in [5.41, 5.74) is 2.68. The van der Waals surface area contributed by atoms with Gasteiger partial charge >= 0.3 is 0 Å². The molecule has 0 bridgehead atoms. The van der Waals surface area contributed by atoms with Gasteiger partial charge in [0.1, 0.15) is 5.75 Å². The van der Waals surface area contributed by atoms with Crippen molar-refractivity contribution in [3.05, 3.63) is 27.2 Å². The van der Waals surface area contributed by atoms with E-state index in [0.29, 0.717) is 10.0 Å². The van der Waals surface area contributed by atoms with Gasteiger partial charge in [0.15, 0.2) is 5.78 Å². The highest BCUT2D eigenvalue weighted by molar-refractivity contribution is 9.10. The second-order valence-corrected chi connectivity index (χ2v) is 7.57. The number of fused-ring (bicyclic) bond motifs is 3. The molecule has 1 fully saturated rings. The molecule has 1 N–H and O–H groups in total. The summed E-state index contributed by atoms with van der Waals surface area (Å²) in [6, 6.07) is 1.91. The number of ketones is 1. The molecule has 1 saturated carbocycles. The van der Waals surface area contributed by atoms with E-state index in [1.165, 1.54) is 0 Å². The van der Waals surface area contributed by atoms with Crippen LogP contribution in [0.25, 0.3) is 0 Å². The molecule has 0 saturated heterocycles. The molecule has 2 aliphatic rings. The minimum atomic E-state index is -0.476. The topological polar surface area (TPSA) is 37.3 Å². The molecule has 2 unspecified atom stereocenters. The number of carbonyl (C=O) groups is 1. The third-order valence-corrected chi connectivity index (χ3v) is 6.20. The normalized spacial score (nSPS) is 30.2. The first-order valence-corrected chi connectivity index (χ1v) is 7.81. The SMILES string of the molecule is Cc1cc(Br)c(O)c2c1C1CCCCC1(Br)C2=O. The smallest absolute Gasteiger partial charge is 0.184 e. The molecule has 96 valence electrons. The monoisotopic (exact) mass is 372 g/mol. The van der Waals surface area contributed by atoms with E-state index in [1.54, 1.807) is 0 Å². The fourth-order valence-electron chi connectivity index (χ4n) is 3.45. The number of benzene rings is 1. The Bertz CT molecular complexity index is 553. The zero-order chi connectivity index (χ0) is 13.1. The lowest BCUT2D eigenvalue weighted by molar-refractivity contribution is 0.0930. The van der Waals surface area contributed by atoms with Crippen LogP contribution in [0.5, 0.6) is 5.75 Å². The Labute approximate surface area is 123 Å². The first-order valence-electron chi connectivity index (χ1n) is 6.22. The van der Waals surface area contributed by atoms with Crippen molar-refractivity contribution in [3.8, 4) is 5.75 Å². The number of rotatable bonds is 0. The predicted molar refractivity (Wildman–Crippen MR) is 77.7 cm³/mol. The van der Waals surface area contributed by atoms with Gasteiger partial charge in [-0.3, -0.25) is 4.79 Å². The number of alkyl halides is 1. The van der Waals surface area contributed by atoms with E-state index in [1.807, 2.05) is 13.0 Å². The summed E-state index contributed by atoms with van der Waals surface area (Å²) in [5, 5.41) is 10.2. The summed E-state index contributed by atoms with van der Waals surface area (Å²) in [6.45, 7) is 2.02. The Morgan fingerprint density at radius 3 is 2.89 bits per heavy atom. The van der Waals surface area contributed by atoms with Crippen molar-refractivity contribution in [1.82, 2.24) is 0 Å². The van der Waals surface area contributed by atoms with Crippen molar-refractivity contribution >= 4 is 37.6 Å². The van der Waals surface area contributed by atoms with Gasteiger partial charge in [0, 0.05) is 5.92 Å². The minimum Gasteiger partial charge on any atom is -0.506 e. The fourth-order valence-corrected chi connectivity index (χ4v) is 4.92. The first-order chi connectivity index (χ1) is 8.47. The van der Waals surface area contributed by atoms with Crippen LogP contribution in [0.15, 0.2) is 10.5 Å². The van der Waals surface area contributed by atoms with Gasteiger partial charge in [0.05, 0.1) is 14.4 Å². The average molecular weight is 374 g/mol. The second kappa shape index (κ2) is 4.07. The average Bonchev–Trinajstić information content (AvgIpc) is 2.57. The standard InChI is InChI=1S/C14H14Br2O2/c1-7-6-9(15)12(17)11-10(7)8-4-2-3-5-14(8,16)13(11)18/h6,8,17H,2-5H2,1H3. The number of carbonyl (C=O) groups excluding carboxylic acids is 1. The molecule has 3 rings (SSSR count). The molecule has 4 heteroatoms. The predicted octanol–water partition coefficient (Wildman–Crippen LogP) is 4.45. The molecule has 0 aromatic heterocycles. The molecule has 18 heavy (non-hydrogen) atoms. The van der Waals surface area contributed by atoms with Crippen molar-refractivity contribution < 1.29 is 9.90 Å². The summed E-state index contributed by atoms with van der Waals surface area (Å²) in [4.78, 5) is 12.7. The second-order valence-electron chi connectivity index (χ2n) is 5.30. The molecule has 0 radical (unpaired) electrons. The summed E-state index contributed by atoms with van der Waals surface area (Å²) in [7, 11) is 0. The summed E-state index contributed by atoms with van der Waals surface area (Å²) < 4.78 is 0.137. The maximum absolute atomic E-state index is 12.7. The first kappa shape index (κ1) is 12.7. The minimum absolute atomic E-state index is 0.0594. The van der Waals surface area contributed by atoms with Gasteiger partial charge in [0.2, 0.25) is 0 Å². The number of Topliss-reactive ketones (excluding diaryl/α,β-unsaturated/α-hetero) is 1. The van der Waals surface area contributed by atoms with Crippen LogP contribution in [0.3, 0.4) is 0 Å². The Balaban J connectivity index is 2.29. The van der Waals surface area contributed by atoms with Gasteiger partial charge in [-0.25, -0.2) is 0 Å². The van der Waals surface area contributed by atoms with Crippen LogP contribution in [0, 0.1) is 6.92 Å². The molecular weight excluding hydrogens is 360 g/mol. The zero-order valence-corrected chi connectivity index (χ0v) is 13.3. The van der Waals surface area contributed by atoms with E-state index in [2.05, 4.69) is 31.9 Å². The van der Waals surface area contributed by atoms with Gasteiger partial charge in [-0.15, -0.1) is 0 Å². The number of aryl methyl sites for hydroxylation is 1. The van der Waals surface area contributed by atoms with Crippen molar-refractivity contribution in [1.29, 1.82) is 0 Å². The van der Waals surface area contributed by atoms with Crippen molar-refractivity contribution in [2.45, 2.75) is 42.8 Å². The van der Waals surface area contributed by atoms with Gasteiger partial charge in [-0.05, 0) is 52.9 Å². The molecule has 2 atom stereocenters. The fraction of sp³-hybridized carbons (Fsp3) is 0.500. The third-order valence-electron chi connectivity index (χ3n) is 4.29. The number of phenols is 1. The van der Waals surface area contributed by atoms with Gasteiger partial charge in [0.25, 0.3) is 0 Å². The quantitative estimate of drug-likeness (QED) is 0.682. The van der Waals surface area contributed by atoms with Crippen LogP contribution in [-0.2, 0) is 0 Å². The van der Waals surface area contributed by atoms with Crippen LogP contribution in [-0.4, -0.2) is 15.2 Å². The van der Waals surface area contributed by atoms with Crippen LogP contribution >= 0.6 is 31.9 Å². The number of hydrogen-bond acceptors (Lipinski definition) is 2. The Hall–Kier alpha value is -0.350. The zero-order valence-electron chi connectivity index (χ0n) is 10.1. The highest BCUT2D eigenvalue weighted by Gasteiger charge is 2.54. The molecule has 1 aromatic carbocycles. The Morgan fingerprint density at radius 1 is 1.44 bits per heavy atom. The summed E-state index contributed by atoms with van der Waals surface area (Å²) >= 11 is 7.01. The lowest BCUT2D eigenvalue weighted by Gasteiger charge is -2.33. The Kier molecular flexibility index (Phi) is 2.87. The van der Waals surface area contributed by atoms with Crippen molar-refractivity contribution in [2.75, 3.05) is 0 Å². The number of phenolic OH excluding ortho intramolecular Hbond substituents is 1.